The number of nitrogens with zero attached hydrogens (tertiary/aromatic N) is 2. The Kier molecular flexibility index (Phi) is 4.16. The van der Waals surface area contributed by atoms with Crippen LogP contribution in [-0.2, 0) is 10.0 Å². The number of aromatic nitrogens is 1. The van der Waals surface area contributed by atoms with E-state index >= 15 is 0 Å². The van der Waals surface area contributed by atoms with E-state index in [1.807, 2.05) is 19.1 Å². The molecule has 1 N–H and O–H groups in total. The molecule has 0 unspecified atom stereocenters. The number of piperidine rings is 1. The zero-order valence-electron chi connectivity index (χ0n) is 14.2. The van der Waals surface area contributed by atoms with Gasteiger partial charge in [0.25, 0.3) is 0 Å². The highest BCUT2D eigenvalue weighted by molar-refractivity contribution is 7.90. The lowest BCUT2D eigenvalue weighted by Crippen LogP contribution is -2.43. The van der Waals surface area contributed by atoms with E-state index in [0.717, 1.165) is 42.5 Å². The molecule has 1 aliphatic carbocycles. The Hall–Kier alpha value is -1.73. The second-order valence-corrected chi connectivity index (χ2v) is 9.22. The van der Waals surface area contributed by atoms with Crippen molar-refractivity contribution < 1.29 is 12.8 Å². The first-order valence-corrected chi connectivity index (χ1v) is 10.3. The maximum Gasteiger partial charge on any atom is 0.216 e. The van der Waals surface area contributed by atoms with E-state index < -0.39 is 10.0 Å². The highest BCUT2D eigenvalue weighted by Gasteiger charge is 2.41. The first-order valence-electron chi connectivity index (χ1n) is 8.76. The lowest BCUT2D eigenvalue weighted by atomic mass is 10.1. The molecular formula is C18H22FN3O2S. The SMILES string of the molecule is Cc1cc(NC2CCN(S(=O)(=O)C3CC3)CC2)c2cccc(F)c2n1. The number of para-hydroxylation sites is 1. The second kappa shape index (κ2) is 6.21. The number of anilines is 1. The Labute approximate surface area is 147 Å². The van der Waals surface area contributed by atoms with Crippen LogP contribution in [0.1, 0.15) is 31.4 Å². The summed E-state index contributed by atoms with van der Waals surface area (Å²) in [4.78, 5) is 4.30. The number of halogens is 1. The van der Waals surface area contributed by atoms with Crippen molar-refractivity contribution in [2.75, 3.05) is 18.4 Å². The van der Waals surface area contributed by atoms with Crippen molar-refractivity contribution in [3.05, 3.63) is 35.8 Å². The number of rotatable bonds is 4. The fourth-order valence-corrected chi connectivity index (χ4v) is 5.39. The van der Waals surface area contributed by atoms with Gasteiger partial charge in [-0.1, -0.05) is 12.1 Å². The van der Waals surface area contributed by atoms with E-state index in [1.54, 1.807) is 10.4 Å². The average Bonchev–Trinajstić information content (AvgIpc) is 3.42. The number of hydrogen-bond acceptors (Lipinski definition) is 4. The van der Waals surface area contributed by atoms with Crippen molar-refractivity contribution in [3.63, 3.8) is 0 Å². The summed E-state index contributed by atoms with van der Waals surface area (Å²) in [7, 11) is -3.09. The van der Waals surface area contributed by atoms with Crippen LogP contribution in [0.25, 0.3) is 10.9 Å². The predicted octanol–water partition coefficient (Wildman–Crippen LogP) is 3.05. The molecule has 0 radical (unpaired) electrons. The zero-order chi connectivity index (χ0) is 17.6. The molecule has 1 saturated carbocycles. The van der Waals surface area contributed by atoms with Crippen LogP contribution in [0, 0.1) is 12.7 Å². The molecule has 134 valence electrons. The largest absolute Gasteiger partial charge is 0.382 e. The molecule has 5 nitrogen and oxygen atoms in total. The Morgan fingerprint density at radius 3 is 2.60 bits per heavy atom. The number of hydrogen-bond donors (Lipinski definition) is 1. The summed E-state index contributed by atoms with van der Waals surface area (Å²) >= 11 is 0. The summed E-state index contributed by atoms with van der Waals surface area (Å²) < 4.78 is 40.3. The van der Waals surface area contributed by atoms with E-state index in [4.69, 9.17) is 0 Å². The van der Waals surface area contributed by atoms with Gasteiger partial charge in [0, 0.05) is 35.9 Å². The van der Waals surface area contributed by atoms with Crippen LogP contribution in [0.4, 0.5) is 10.1 Å². The Balaban J connectivity index is 1.51. The van der Waals surface area contributed by atoms with Gasteiger partial charge in [0.1, 0.15) is 11.3 Å². The van der Waals surface area contributed by atoms with Crippen molar-refractivity contribution >= 4 is 26.6 Å². The molecule has 1 aliphatic heterocycles. The van der Waals surface area contributed by atoms with Gasteiger partial charge in [-0.3, -0.25) is 0 Å². The molecule has 0 spiro atoms. The van der Waals surface area contributed by atoms with Crippen molar-refractivity contribution in [1.29, 1.82) is 0 Å². The summed E-state index contributed by atoms with van der Waals surface area (Å²) in [6.45, 7) is 2.95. The van der Waals surface area contributed by atoms with Gasteiger partial charge in [-0.25, -0.2) is 22.1 Å². The Morgan fingerprint density at radius 2 is 1.92 bits per heavy atom. The molecule has 2 fully saturated rings. The van der Waals surface area contributed by atoms with Gasteiger partial charge in [0.05, 0.1) is 5.25 Å². The van der Waals surface area contributed by atoms with Crippen molar-refractivity contribution in [2.45, 2.75) is 43.9 Å². The van der Waals surface area contributed by atoms with Gasteiger partial charge < -0.3 is 5.32 Å². The fourth-order valence-electron chi connectivity index (χ4n) is 3.51. The van der Waals surface area contributed by atoms with E-state index in [-0.39, 0.29) is 17.1 Å². The number of aryl methyl sites for hydroxylation is 1. The topological polar surface area (TPSA) is 62.3 Å². The van der Waals surface area contributed by atoms with Crippen LogP contribution in [0.3, 0.4) is 0 Å². The van der Waals surface area contributed by atoms with Gasteiger partial charge in [-0.2, -0.15) is 0 Å². The van der Waals surface area contributed by atoms with E-state index in [2.05, 4.69) is 10.3 Å². The fraction of sp³-hybridized carbons (Fsp3) is 0.500. The molecule has 2 heterocycles. The smallest absolute Gasteiger partial charge is 0.216 e. The van der Waals surface area contributed by atoms with E-state index in [0.29, 0.717) is 18.6 Å². The third-order valence-electron chi connectivity index (χ3n) is 5.04. The number of pyridine rings is 1. The third kappa shape index (κ3) is 3.22. The maximum absolute atomic E-state index is 14.0. The molecule has 25 heavy (non-hydrogen) atoms. The summed E-state index contributed by atoms with van der Waals surface area (Å²) in [5, 5.41) is 4.10. The monoisotopic (exact) mass is 363 g/mol. The molecule has 4 rings (SSSR count). The highest BCUT2D eigenvalue weighted by Crippen LogP contribution is 2.33. The summed E-state index contributed by atoms with van der Waals surface area (Å²) in [6, 6.07) is 7.07. The highest BCUT2D eigenvalue weighted by atomic mass is 32.2. The van der Waals surface area contributed by atoms with Crippen molar-refractivity contribution in [1.82, 2.24) is 9.29 Å². The number of fused-ring (bicyclic) bond motifs is 1. The van der Waals surface area contributed by atoms with Crippen LogP contribution in [-0.4, -0.2) is 42.1 Å². The molecular weight excluding hydrogens is 341 g/mol. The zero-order valence-corrected chi connectivity index (χ0v) is 15.0. The number of sulfonamides is 1. The molecule has 2 aromatic rings. The van der Waals surface area contributed by atoms with E-state index in [9.17, 15) is 12.8 Å². The van der Waals surface area contributed by atoms with Crippen LogP contribution < -0.4 is 5.32 Å². The predicted molar refractivity (Wildman–Crippen MR) is 96.6 cm³/mol. The summed E-state index contributed by atoms with van der Waals surface area (Å²) in [5.74, 6) is -0.324. The van der Waals surface area contributed by atoms with Crippen LogP contribution in [0.2, 0.25) is 0 Å². The Bertz CT molecular complexity index is 904. The lowest BCUT2D eigenvalue weighted by molar-refractivity contribution is 0.329. The third-order valence-corrected chi connectivity index (χ3v) is 7.44. The lowest BCUT2D eigenvalue weighted by Gasteiger charge is -2.32. The van der Waals surface area contributed by atoms with Gasteiger partial charge in [0.15, 0.2) is 0 Å². The van der Waals surface area contributed by atoms with Crippen molar-refractivity contribution in [2.24, 2.45) is 0 Å². The minimum Gasteiger partial charge on any atom is -0.382 e. The summed E-state index contributed by atoms with van der Waals surface area (Å²) in [5.41, 5.74) is 2.00. The molecule has 7 heteroatoms. The van der Waals surface area contributed by atoms with Gasteiger partial charge >= 0.3 is 0 Å². The Morgan fingerprint density at radius 1 is 1.20 bits per heavy atom. The quantitative estimate of drug-likeness (QED) is 0.907. The molecule has 1 aromatic heterocycles. The first kappa shape index (κ1) is 16.7. The number of nitrogens with one attached hydrogen (secondary N) is 1. The van der Waals surface area contributed by atoms with Gasteiger partial charge in [-0.05, 0) is 44.7 Å². The second-order valence-electron chi connectivity index (χ2n) is 7.01. The minimum absolute atomic E-state index is 0.147. The summed E-state index contributed by atoms with van der Waals surface area (Å²) in [6.07, 6.45) is 3.11. The normalized spacial score (nSPS) is 20.1. The molecule has 1 saturated heterocycles. The molecule has 0 bridgehead atoms. The van der Waals surface area contributed by atoms with Gasteiger partial charge in [0.2, 0.25) is 10.0 Å². The van der Waals surface area contributed by atoms with E-state index in [1.165, 1.54) is 6.07 Å². The van der Waals surface area contributed by atoms with Crippen LogP contribution in [0.15, 0.2) is 24.3 Å². The van der Waals surface area contributed by atoms with Crippen molar-refractivity contribution in [3.8, 4) is 0 Å². The standard InChI is InChI=1S/C18H22FN3O2S/c1-12-11-17(15-3-2-4-16(19)18(15)20-12)21-13-7-9-22(10-8-13)25(23,24)14-5-6-14/h2-4,11,13-14H,5-10H2,1H3,(H,20,21). The van der Waals surface area contributed by atoms with Crippen LogP contribution in [0.5, 0.6) is 0 Å². The van der Waals surface area contributed by atoms with Crippen LogP contribution >= 0.6 is 0 Å². The first-order chi connectivity index (χ1) is 11.9. The van der Waals surface area contributed by atoms with Gasteiger partial charge in [-0.15, -0.1) is 0 Å². The maximum atomic E-state index is 14.0. The molecule has 0 atom stereocenters. The average molecular weight is 363 g/mol. The molecule has 1 aromatic carbocycles. The minimum atomic E-state index is -3.09. The molecule has 0 amide bonds. The number of benzene rings is 1. The molecule has 2 aliphatic rings.